The van der Waals surface area contributed by atoms with Crippen molar-refractivity contribution in [1.82, 2.24) is 0 Å². The van der Waals surface area contributed by atoms with Crippen molar-refractivity contribution in [3.8, 4) is 17.2 Å². The molecule has 28 heavy (non-hydrogen) atoms. The molecule has 0 N–H and O–H groups in total. The Labute approximate surface area is 161 Å². The summed E-state index contributed by atoms with van der Waals surface area (Å²) in [4.78, 5) is 23.6. The molecule has 0 radical (unpaired) electrons. The van der Waals surface area contributed by atoms with Crippen LogP contribution in [0.3, 0.4) is 0 Å². The zero-order chi connectivity index (χ0) is 20.1. The zero-order valence-electron chi connectivity index (χ0n) is 15.8. The SMILES string of the molecule is COC(=O)c1cc(COC(=O)/C=C/c2cc(OC)c3c(c2)OCCO3)oc1C. The first-order valence-corrected chi connectivity index (χ1v) is 8.52. The van der Waals surface area contributed by atoms with E-state index in [-0.39, 0.29) is 6.61 Å². The van der Waals surface area contributed by atoms with Crippen LogP contribution in [0.25, 0.3) is 6.08 Å². The summed E-state index contributed by atoms with van der Waals surface area (Å²) in [5.41, 5.74) is 0.993. The van der Waals surface area contributed by atoms with Crippen molar-refractivity contribution < 1.29 is 37.7 Å². The van der Waals surface area contributed by atoms with E-state index in [0.717, 1.165) is 0 Å². The highest BCUT2D eigenvalue weighted by atomic mass is 16.6. The van der Waals surface area contributed by atoms with Gasteiger partial charge in [-0.05, 0) is 36.8 Å². The minimum atomic E-state index is -0.567. The molecule has 0 amide bonds. The Balaban J connectivity index is 1.64. The molecule has 3 rings (SSSR count). The van der Waals surface area contributed by atoms with Crippen LogP contribution in [0.2, 0.25) is 0 Å². The molecule has 0 spiro atoms. The van der Waals surface area contributed by atoms with Crippen molar-refractivity contribution in [2.75, 3.05) is 27.4 Å². The third-order valence-corrected chi connectivity index (χ3v) is 3.99. The number of methoxy groups -OCH3 is 2. The number of benzene rings is 1. The Bertz CT molecular complexity index is 892. The van der Waals surface area contributed by atoms with Crippen molar-refractivity contribution in [1.29, 1.82) is 0 Å². The van der Waals surface area contributed by atoms with Crippen LogP contribution in [-0.2, 0) is 20.9 Å². The second-order valence-electron chi connectivity index (χ2n) is 5.86. The molecule has 0 aliphatic carbocycles. The van der Waals surface area contributed by atoms with Crippen LogP contribution in [0.1, 0.15) is 27.4 Å². The lowest BCUT2D eigenvalue weighted by atomic mass is 10.1. The predicted molar refractivity (Wildman–Crippen MR) is 97.6 cm³/mol. The molecule has 2 aromatic rings. The topological polar surface area (TPSA) is 93.4 Å². The van der Waals surface area contributed by atoms with E-state index in [0.29, 0.717) is 53.1 Å². The Morgan fingerprint density at radius 2 is 1.93 bits per heavy atom. The van der Waals surface area contributed by atoms with Crippen molar-refractivity contribution in [2.45, 2.75) is 13.5 Å². The number of carbonyl (C=O) groups excluding carboxylic acids is 2. The number of carbonyl (C=O) groups is 2. The molecule has 0 fully saturated rings. The molecule has 0 atom stereocenters. The van der Waals surface area contributed by atoms with E-state index in [4.69, 9.17) is 23.4 Å². The molecule has 148 valence electrons. The van der Waals surface area contributed by atoms with Gasteiger partial charge in [0.1, 0.15) is 36.9 Å². The number of esters is 2. The van der Waals surface area contributed by atoms with Gasteiger partial charge in [0, 0.05) is 6.08 Å². The fourth-order valence-electron chi connectivity index (χ4n) is 2.67. The van der Waals surface area contributed by atoms with Crippen molar-refractivity contribution in [3.05, 3.63) is 46.9 Å². The zero-order valence-corrected chi connectivity index (χ0v) is 15.8. The van der Waals surface area contributed by atoms with Crippen molar-refractivity contribution >= 4 is 18.0 Å². The number of hydrogen-bond acceptors (Lipinski definition) is 8. The number of fused-ring (bicyclic) bond motifs is 1. The molecule has 8 nitrogen and oxygen atoms in total. The molecule has 2 heterocycles. The standard InChI is InChI=1S/C20H20O8/c1-12-15(20(22)24-3)10-14(28-12)11-27-18(21)5-4-13-8-16(23-2)19-17(9-13)25-6-7-26-19/h4-5,8-10H,6-7,11H2,1-3H3/b5-4+. The number of aryl methyl sites for hydroxylation is 1. The lowest BCUT2D eigenvalue weighted by molar-refractivity contribution is -0.139. The van der Waals surface area contributed by atoms with Gasteiger partial charge in [-0.15, -0.1) is 0 Å². The summed E-state index contributed by atoms with van der Waals surface area (Å²) in [5, 5.41) is 0. The summed E-state index contributed by atoms with van der Waals surface area (Å²) in [6, 6.07) is 4.97. The Morgan fingerprint density at radius 1 is 1.14 bits per heavy atom. The smallest absolute Gasteiger partial charge is 0.341 e. The van der Waals surface area contributed by atoms with Gasteiger partial charge in [-0.2, -0.15) is 0 Å². The third kappa shape index (κ3) is 4.28. The highest BCUT2D eigenvalue weighted by Crippen LogP contribution is 2.40. The van der Waals surface area contributed by atoms with Crippen LogP contribution in [-0.4, -0.2) is 39.4 Å². The molecule has 1 aliphatic heterocycles. The summed E-state index contributed by atoms with van der Waals surface area (Å²) in [6.07, 6.45) is 2.86. The summed E-state index contributed by atoms with van der Waals surface area (Å²) >= 11 is 0. The van der Waals surface area contributed by atoms with Crippen LogP contribution >= 0.6 is 0 Å². The highest BCUT2D eigenvalue weighted by molar-refractivity contribution is 5.90. The maximum atomic E-state index is 12.0. The Hall–Kier alpha value is -3.42. The van der Waals surface area contributed by atoms with Gasteiger partial charge in [0.25, 0.3) is 0 Å². The van der Waals surface area contributed by atoms with Crippen LogP contribution in [0.5, 0.6) is 17.2 Å². The monoisotopic (exact) mass is 388 g/mol. The van der Waals surface area contributed by atoms with E-state index >= 15 is 0 Å². The Kier molecular flexibility index (Phi) is 5.88. The van der Waals surface area contributed by atoms with Crippen LogP contribution < -0.4 is 14.2 Å². The van der Waals surface area contributed by atoms with E-state index in [2.05, 4.69) is 4.74 Å². The molecule has 1 aliphatic rings. The fourth-order valence-corrected chi connectivity index (χ4v) is 2.67. The van der Waals surface area contributed by atoms with E-state index in [1.54, 1.807) is 25.1 Å². The van der Waals surface area contributed by atoms with Gasteiger partial charge < -0.3 is 28.1 Å². The lowest BCUT2D eigenvalue weighted by Crippen LogP contribution is -2.16. The van der Waals surface area contributed by atoms with Crippen molar-refractivity contribution in [2.24, 2.45) is 0 Å². The van der Waals surface area contributed by atoms with Gasteiger partial charge in [0.05, 0.1) is 14.2 Å². The summed E-state index contributed by atoms with van der Waals surface area (Å²) in [5.74, 6) is 1.29. The maximum absolute atomic E-state index is 12.0. The van der Waals surface area contributed by atoms with E-state index < -0.39 is 11.9 Å². The largest absolute Gasteiger partial charge is 0.493 e. The molecule has 0 saturated carbocycles. The average Bonchev–Trinajstić information content (AvgIpc) is 3.10. The first-order chi connectivity index (χ1) is 13.5. The quantitative estimate of drug-likeness (QED) is 0.551. The fraction of sp³-hybridized carbons (Fsp3) is 0.300. The maximum Gasteiger partial charge on any atom is 0.341 e. The molecule has 8 heteroatoms. The van der Waals surface area contributed by atoms with Gasteiger partial charge >= 0.3 is 11.9 Å². The second kappa shape index (κ2) is 8.51. The molecular weight excluding hydrogens is 368 g/mol. The first kappa shape index (κ1) is 19.3. The summed E-state index contributed by atoms with van der Waals surface area (Å²) < 4.78 is 31.6. The van der Waals surface area contributed by atoms with Crippen LogP contribution in [0.15, 0.2) is 28.7 Å². The van der Waals surface area contributed by atoms with Crippen LogP contribution in [0.4, 0.5) is 0 Å². The minimum absolute atomic E-state index is 0.106. The van der Waals surface area contributed by atoms with Gasteiger partial charge in [0.2, 0.25) is 5.75 Å². The highest BCUT2D eigenvalue weighted by Gasteiger charge is 2.18. The van der Waals surface area contributed by atoms with Gasteiger partial charge in [-0.1, -0.05) is 0 Å². The molecule has 0 bridgehead atoms. The van der Waals surface area contributed by atoms with Gasteiger partial charge in [0.15, 0.2) is 11.5 Å². The number of furan rings is 1. The van der Waals surface area contributed by atoms with Crippen molar-refractivity contribution in [3.63, 3.8) is 0 Å². The van der Waals surface area contributed by atoms with E-state index in [1.165, 1.54) is 26.4 Å². The third-order valence-electron chi connectivity index (χ3n) is 3.99. The number of rotatable bonds is 6. The number of hydrogen-bond donors (Lipinski definition) is 0. The average molecular weight is 388 g/mol. The minimum Gasteiger partial charge on any atom is -0.493 e. The molecular formula is C20H20O8. The number of ether oxygens (including phenoxy) is 5. The lowest BCUT2D eigenvalue weighted by Gasteiger charge is -2.20. The molecule has 0 saturated heterocycles. The van der Waals surface area contributed by atoms with Gasteiger partial charge in [-0.25, -0.2) is 9.59 Å². The summed E-state index contributed by atoms with van der Waals surface area (Å²) in [7, 11) is 2.81. The molecule has 1 aromatic heterocycles. The van der Waals surface area contributed by atoms with Gasteiger partial charge in [-0.3, -0.25) is 0 Å². The Morgan fingerprint density at radius 3 is 2.68 bits per heavy atom. The first-order valence-electron chi connectivity index (χ1n) is 8.52. The van der Waals surface area contributed by atoms with Crippen LogP contribution in [0, 0.1) is 6.92 Å². The molecule has 1 aromatic carbocycles. The normalized spacial score (nSPS) is 12.7. The summed E-state index contributed by atoms with van der Waals surface area (Å²) in [6.45, 7) is 2.43. The second-order valence-corrected chi connectivity index (χ2v) is 5.86. The van der Waals surface area contributed by atoms with E-state index in [1.807, 2.05) is 0 Å². The van der Waals surface area contributed by atoms with E-state index in [9.17, 15) is 9.59 Å². The molecule has 0 unspecified atom stereocenters. The predicted octanol–water partition coefficient (Wildman–Crippen LogP) is 2.91.